The third-order valence-electron chi connectivity index (χ3n) is 2.83. The zero-order valence-corrected chi connectivity index (χ0v) is 10.4. The van der Waals surface area contributed by atoms with Gasteiger partial charge in [0.05, 0.1) is 6.04 Å². The van der Waals surface area contributed by atoms with E-state index in [0.717, 1.165) is 19.4 Å². The van der Waals surface area contributed by atoms with Crippen molar-refractivity contribution >= 4 is 21.7 Å². The van der Waals surface area contributed by atoms with Crippen molar-refractivity contribution < 1.29 is 9.18 Å². The van der Waals surface area contributed by atoms with E-state index in [-0.39, 0.29) is 24.1 Å². The van der Waals surface area contributed by atoms with Crippen LogP contribution in [0.5, 0.6) is 0 Å². The lowest BCUT2D eigenvalue weighted by Gasteiger charge is -2.09. The standard InChI is InChI=1S/C12H13BrFNO/c13-9-4-3-8(10(14)7-9)6-12(16)11-2-1-5-15-11/h3-4,7,11,15H,1-2,5-6H2. The summed E-state index contributed by atoms with van der Waals surface area (Å²) < 4.78 is 14.2. The lowest BCUT2D eigenvalue weighted by atomic mass is 10.0. The van der Waals surface area contributed by atoms with Crippen molar-refractivity contribution in [1.29, 1.82) is 0 Å². The van der Waals surface area contributed by atoms with Gasteiger partial charge in [-0.05, 0) is 37.1 Å². The van der Waals surface area contributed by atoms with Gasteiger partial charge in [-0.15, -0.1) is 0 Å². The molecule has 1 unspecified atom stereocenters. The van der Waals surface area contributed by atoms with Crippen LogP contribution in [-0.2, 0) is 11.2 Å². The molecular weight excluding hydrogens is 273 g/mol. The molecule has 0 aromatic heterocycles. The molecule has 0 bridgehead atoms. The molecule has 2 rings (SSSR count). The van der Waals surface area contributed by atoms with E-state index in [0.29, 0.717) is 10.0 Å². The lowest BCUT2D eigenvalue weighted by molar-refractivity contribution is -0.120. The summed E-state index contributed by atoms with van der Waals surface area (Å²) in [4.78, 5) is 11.8. The summed E-state index contributed by atoms with van der Waals surface area (Å²) in [6, 6.07) is 4.73. The molecule has 1 aromatic carbocycles. The summed E-state index contributed by atoms with van der Waals surface area (Å²) >= 11 is 3.19. The molecule has 1 heterocycles. The maximum atomic E-state index is 13.5. The Kier molecular flexibility index (Phi) is 3.71. The van der Waals surface area contributed by atoms with Crippen LogP contribution in [0.2, 0.25) is 0 Å². The van der Waals surface area contributed by atoms with Crippen LogP contribution in [-0.4, -0.2) is 18.4 Å². The third kappa shape index (κ3) is 2.68. The van der Waals surface area contributed by atoms with Gasteiger partial charge in [0, 0.05) is 10.9 Å². The number of halogens is 2. The van der Waals surface area contributed by atoms with Gasteiger partial charge in [-0.2, -0.15) is 0 Å². The second-order valence-electron chi connectivity index (χ2n) is 4.03. The Labute approximate surface area is 102 Å². The Hall–Kier alpha value is -0.740. The molecule has 4 heteroatoms. The molecule has 0 aliphatic carbocycles. The van der Waals surface area contributed by atoms with Crippen LogP contribution in [0.1, 0.15) is 18.4 Å². The van der Waals surface area contributed by atoms with Gasteiger partial charge in [-0.25, -0.2) is 4.39 Å². The molecule has 1 N–H and O–H groups in total. The van der Waals surface area contributed by atoms with E-state index in [9.17, 15) is 9.18 Å². The number of hydrogen-bond donors (Lipinski definition) is 1. The maximum absolute atomic E-state index is 13.5. The van der Waals surface area contributed by atoms with Crippen LogP contribution >= 0.6 is 15.9 Å². The van der Waals surface area contributed by atoms with E-state index in [4.69, 9.17) is 0 Å². The predicted molar refractivity (Wildman–Crippen MR) is 63.8 cm³/mol. The van der Waals surface area contributed by atoms with Crippen LogP contribution in [0, 0.1) is 5.82 Å². The minimum atomic E-state index is -0.319. The maximum Gasteiger partial charge on any atom is 0.154 e. The first-order valence-electron chi connectivity index (χ1n) is 5.37. The van der Waals surface area contributed by atoms with E-state index in [1.54, 1.807) is 12.1 Å². The summed E-state index contributed by atoms with van der Waals surface area (Å²) in [6.07, 6.45) is 2.08. The number of Topliss-reactive ketones (excluding diaryl/α,β-unsaturated/α-hetero) is 1. The van der Waals surface area contributed by atoms with Gasteiger partial charge in [0.25, 0.3) is 0 Å². The van der Waals surface area contributed by atoms with Crippen molar-refractivity contribution in [2.24, 2.45) is 0 Å². The Morgan fingerprint density at radius 3 is 3.00 bits per heavy atom. The smallest absolute Gasteiger partial charge is 0.154 e. The Morgan fingerprint density at radius 1 is 1.56 bits per heavy atom. The number of nitrogens with one attached hydrogen (secondary N) is 1. The topological polar surface area (TPSA) is 29.1 Å². The van der Waals surface area contributed by atoms with Gasteiger partial charge in [0.1, 0.15) is 5.82 Å². The molecule has 16 heavy (non-hydrogen) atoms. The molecule has 0 saturated carbocycles. The van der Waals surface area contributed by atoms with Crippen molar-refractivity contribution in [3.05, 3.63) is 34.1 Å². The first kappa shape index (κ1) is 11.7. The van der Waals surface area contributed by atoms with Crippen molar-refractivity contribution in [2.45, 2.75) is 25.3 Å². The number of hydrogen-bond acceptors (Lipinski definition) is 2. The Bertz CT molecular complexity index is 402. The van der Waals surface area contributed by atoms with E-state index in [1.165, 1.54) is 6.07 Å². The number of benzene rings is 1. The van der Waals surface area contributed by atoms with Gasteiger partial charge in [-0.3, -0.25) is 4.79 Å². The second kappa shape index (κ2) is 5.06. The quantitative estimate of drug-likeness (QED) is 0.924. The van der Waals surface area contributed by atoms with E-state index < -0.39 is 0 Å². The van der Waals surface area contributed by atoms with Crippen molar-refractivity contribution in [1.82, 2.24) is 5.32 Å². The molecule has 1 saturated heterocycles. The first-order chi connectivity index (χ1) is 7.66. The number of rotatable bonds is 3. The summed E-state index contributed by atoms with van der Waals surface area (Å²) in [5.41, 5.74) is 0.474. The highest BCUT2D eigenvalue weighted by atomic mass is 79.9. The van der Waals surface area contributed by atoms with E-state index in [1.807, 2.05) is 0 Å². The van der Waals surface area contributed by atoms with Crippen molar-refractivity contribution in [3.63, 3.8) is 0 Å². The average Bonchev–Trinajstić information content (AvgIpc) is 2.75. The zero-order chi connectivity index (χ0) is 11.5. The summed E-state index contributed by atoms with van der Waals surface area (Å²) in [5, 5.41) is 3.13. The summed E-state index contributed by atoms with van der Waals surface area (Å²) in [7, 11) is 0. The zero-order valence-electron chi connectivity index (χ0n) is 8.80. The summed E-state index contributed by atoms with van der Waals surface area (Å²) in [6.45, 7) is 0.888. The molecular formula is C12H13BrFNO. The molecule has 1 aliphatic rings. The molecule has 86 valence electrons. The average molecular weight is 286 g/mol. The van der Waals surface area contributed by atoms with E-state index in [2.05, 4.69) is 21.2 Å². The molecule has 1 atom stereocenters. The number of ketones is 1. The van der Waals surface area contributed by atoms with Gasteiger partial charge < -0.3 is 5.32 Å². The molecule has 1 aromatic rings. The van der Waals surface area contributed by atoms with Crippen molar-refractivity contribution in [3.8, 4) is 0 Å². The van der Waals surface area contributed by atoms with Gasteiger partial charge in [-0.1, -0.05) is 22.0 Å². The highest BCUT2D eigenvalue weighted by molar-refractivity contribution is 9.10. The molecule has 1 fully saturated rings. The minimum Gasteiger partial charge on any atom is -0.307 e. The molecule has 0 amide bonds. The fraction of sp³-hybridized carbons (Fsp3) is 0.417. The SMILES string of the molecule is O=C(Cc1ccc(Br)cc1F)C1CCCN1. The van der Waals surface area contributed by atoms with E-state index >= 15 is 0 Å². The van der Waals surface area contributed by atoms with Crippen LogP contribution in [0.15, 0.2) is 22.7 Å². The highest BCUT2D eigenvalue weighted by Crippen LogP contribution is 2.17. The van der Waals surface area contributed by atoms with Crippen LogP contribution in [0.4, 0.5) is 4.39 Å². The predicted octanol–water partition coefficient (Wildman–Crippen LogP) is 2.45. The highest BCUT2D eigenvalue weighted by Gasteiger charge is 2.22. The normalized spacial score (nSPS) is 20.0. The first-order valence-corrected chi connectivity index (χ1v) is 6.16. The fourth-order valence-corrected chi connectivity index (χ4v) is 2.27. The largest absolute Gasteiger partial charge is 0.307 e. The molecule has 0 spiro atoms. The fourth-order valence-electron chi connectivity index (χ4n) is 1.94. The Morgan fingerprint density at radius 2 is 2.38 bits per heavy atom. The molecule has 0 radical (unpaired) electrons. The molecule has 1 aliphatic heterocycles. The van der Waals surface area contributed by atoms with Crippen LogP contribution < -0.4 is 5.32 Å². The van der Waals surface area contributed by atoms with Gasteiger partial charge >= 0.3 is 0 Å². The van der Waals surface area contributed by atoms with Gasteiger partial charge in [0.15, 0.2) is 5.78 Å². The third-order valence-corrected chi connectivity index (χ3v) is 3.32. The lowest BCUT2D eigenvalue weighted by Crippen LogP contribution is -2.32. The number of carbonyl (C=O) groups excluding carboxylic acids is 1. The monoisotopic (exact) mass is 285 g/mol. The molecule has 2 nitrogen and oxygen atoms in total. The Balaban J connectivity index is 2.05. The number of carbonyl (C=O) groups is 1. The van der Waals surface area contributed by atoms with Gasteiger partial charge in [0.2, 0.25) is 0 Å². The van der Waals surface area contributed by atoms with Crippen molar-refractivity contribution in [2.75, 3.05) is 6.54 Å². The summed E-state index contributed by atoms with van der Waals surface area (Å²) in [5.74, 6) is -0.237. The minimum absolute atomic E-state index is 0.0805. The van der Waals surface area contributed by atoms with Crippen LogP contribution in [0.3, 0.4) is 0 Å². The second-order valence-corrected chi connectivity index (χ2v) is 4.94. The van der Waals surface area contributed by atoms with Crippen LogP contribution in [0.25, 0.3) is 0 Å².